The van der Waals surface area contributed by atoms with Gasteiger partial charge in [-0.1, -0.05) is 23.9 Å². The summed E-state index contributed by atoms with van der Waals surface area (Å²) in [6.45, 7) is 1.91. The van der Waals surface area contributed by atoms with Crippen molar-refractivity contribution in [2.75, 3.05) is 14.2 Å². The van der Waals surface area contributed by atoms with E-state index in [9.17, 15) is 4.79 Å². The second-order valence-corrected chi connectivity index (χ2v) is 7.49. The summed E-state index contributed by atoms with van der Waals surface area (Å²) in [7, 11) is 3.15. The average molecular weight is 410 g/mol. The summed E-state index contributed by atoms with van der Waals surface area (Å²) < 4.78 is 16.3. The Morgan fingerprint density at radius 2 is 1.79 bits per heavy atom. The molecular weight excluding hydrogens is 392 g/mol. The quantitative estimate of drug-likeness (QED) is 0.478. The van der Waals surface area contributed by atoms with Crippen LogP contribution in [-0.4, -0.2) is 34.4 Å². The number of thioether (sulfide) groups is 1. The fourth-order valence-corrected chi connectivity index (χ4v) is 3.55. The van der Waals surface area contributed by atoms with Crippen LogP contribution in [0.25, 0.3) is 22.4 Å². The fraction of sp³-hybridized carbons (Fsp3) is 0.200. The summed E-state index contributed by atoms with van der Waals surface area (Å²) in [5.41, 5.74) is 1.16. The average Bonchev–Trinajstić information content (AvgIpc) is 3.21. The van der Waals surface area contributed by atoms with Gasteiger partial charge in [-0.25, -0.2) is 4.98 Å². The highest BCUT2D eigenvalue weighted by molar-refractivity contribution is 7.99. The molecule has 4 rings (SSSR count). The van der Waals surface area contributed by atoms with Crippen LogP contribution in [0, 0.1) is 0 Å². The molecule has 9 heteroatoms. The summed E-state index contributed by atoms with van der Waals surface area (Å²) in [4.78, 5) is 19.7. The van der Waals surface area contributed by atoms with Gasteiger partial charge < -0.3 is 18.9 Å². The van der Waals surface area contributed by atoms with Crippen molar-refractivity contribution in [3.8, 4) is 23.0 Å². The summed E-state index contributed by atoms with van der Waals surface area (Å²) in [5, 5.41) is 8.94. The highest BCUT2D eigenvalue weighted by Gasteiger charge is 2.18. The Hall–Kier alpha value is -3.33. The van der Waals surface area contributed by atoms with Gasteiger partial charge >= 0.3 is 0 Å². The maximum absolute atomic E-state index is 12.3. The summed E-state index contributed by atoms with van der Waals surface area (Å²) in [6, 6.07) is 12.6. The van der Waals surface area contributed by atoms with Gasteiger partial charge in [-0.15, -0.1) is 10.2 Å². The maximum atomic E-state index is 12.3. The molecule has 0 aliphatic rings. The van der Waals surface area contributed by atoms with Crippen LogP contribution in [-0.2, 0) is 0 Å². The minimum absolute atomic E-state index is 0.173. The number of para-hydroxylation sites is 1. The van der Waals surface area contributed by atoms with Crippen molar-refractivity contribution in [3.05, 3.63) is 58.6 Å². The van der Waals surface area contributed by atoms with Crippen LogP contribution in [0.4, 0.5) is 0 Å². The molecule has 4 aromatic rings. The highest BCUT2D eigenvalue weighted by atomic mass is 32.2. The molecule has 0 saturated heterocycles. The molecule has 0 fully saturated rings. The third-order valence-corrected chi connectivity index (χ3v) is 5.24. The van der Waals surface area contributed by atoms with E-state index in [1.54, 1.807) is 38.5 Å². The first-order valence-electron chi connectivity index (χ1n) is 8.80. The zero-order valence-corrected chi connectivity index (χ0v) is 16.8. The minimum Gasteiger partial charge on any atom is -0.497 e. The molecule has 0 aliphatic carbocycles. The molecule has 1 atom stereocenters. The van der Waals surface area contributed by atoms with Gasteiger partial charge in [-0.2, -0.15) is 0 Å². The van der Waals surface area contributed by atoms with E-state index in [4.69, 9.17) is 13.9 Å². The van der Waals surface area contributed by atoms with E-state index in [0.717, 1.165) is 0 Å². The molecule has 0 radical (unpaired) electrons. The van der Waals surface area contributed by atoms with E-state index in [1.165, 1.54) is 11.8 Å². The second-order valence-electron chi connectivity index (χ2n) is 6.20. The molecule has 29 heavy (non-hydrogen) atoms. The van der Waals surface area contributed by atoms with Gasteiger partial charge in [0.2, 0.25) is 5.89 Å². The topological polar surface area (TPSA) is 103 Å². The van der Waals surface area contributed by atoms with E-state index in [-0.39, 0.29) is 10.8 Å². The lowest BCUT2D eigenvalue weighted by Crippen LogP contribution is -2.12. The lowest BCUT2D eigenvalue weighted by atomic mass is 10.2. The predicted molar refractivity (Wildman–Crippen MR) is 109 cm³/mol. The molecule has 2 aromatic carbocycles. The van der Waals surface area contributed by atoms with Crippen molar-refractivity contribution < 1.29 is 13.9 Å². The number of rotatable bonds is 6. The normalized spacial score (nSPS) is 12.1. The molecule has 0 aliphatic heterocycles. The number of hydrogen-bond donors (Lipinski definition) is 1. The van der Waals surface area contributed by atoms with Crippen LogP contribution < -0.4 is 15.0 Å². The second kappa shape index (κ2) is 7.96. The number of aromatic nitrogens is 4. The molecule has 0 saturated carbocycles. The predicted octanol–water partition coefficient (Wildman–Crippen LogP) is 3.84. The Morgan fingerprint density at radius 3 is 2.52 bits per heavy atom. The molecule has 8 nitrogen and oxygen atoms in total. The monoisotopic (exact) mass is 410 g/mol. The van der Waals surface area contributed by atoms with Gasteiger partial charge in [0.25, 0.3) is 10.8 Å². The van der Waals surface area contributed by atoms with Gasteiger partial charge in [-0.3, -0.25) is 4.79 Å². The first-order chi connectivity index (χ1) is 14.1. The molecule has 0 amide bonds. The highest BCUT2D eigenvalue weighted by Crippen LogP contribution is 2.35. The van der Waals surface area contributed by atoms with Crippen LogP contribution >= 0.6 is 11.8 Å². The lowest BCUT2D eigenvalue weighted by molar-refractivity contribution is 0.394. The first kappa shape index (κ1) is 19.0. The van der Waals surface area contributed by atoms with Gasteiger partial charge in [0, 0.05) is 11.6 Å². The van der Waals surface area contributed by atoms with E-state index >= 15 is 0 Å². The van der Waals surface area contributed by atoms with Crippen molar-refractivity contribution in [1.29, 1.82) is 0 Å². The van der Waals surface area contributed by atoms with Crippen molar-refractivity contribution in [3.63, 3.8) is 0 Å². The number of aromatic amines is 1. The number of ether oxygens (including phenoxy) is 2. The van der Waals surface area contributed by atoms with Crippen LogP contribution in [0.2, 0.25) is 0 Å². The van der Waals surface area contributed by atoms with Crippen molar-refractivity contribution in [2.24, 2.45) is 0 Å². The van der Waals surface area contributed by atoms with Gasteiger partial charge in [0.1, 0.15) is 17.3 Å². The maximum Gasteiger partial charge on any atom is 0.277 e. The molecule has 148 valence electrons. The van der Waals surface area contributed by atoms with E-state index < -0.39 is 0 Å². The largest absolute Gasteiger partial charge is 0.497 e. The van der Waals surface area contributed by atoms with Crippen molar-refractivity contribution in [2.45, 2.75) is 17.4 Å². The summed E-state index contributed by atoms with van der Waals surface area (Å²) >= 11 is 1.31. The smallest absolute Gasteiger partial charge is 0.277 e. The van der Waals surface area contributed by atoms with Crippen LogP contribution in [0.5, 0.6) is 11.5 Å². The van der Waals surface area contributed by atoms with Crippen LogP contribution in [0.15, 0.2) is 56.9 Å². The summed E-state index contributed by atoms with van der Waals surface area (Å²) in [6.07, 6.45) is 0. The molecule has 0 unspecified atom stereocenters. The number of H-pyrrole nitrogens is 1. The van der Waals surface area contributed by atoms with Crippen LogP contribution in [0.1, 0.15) is 18.0 Å². The Bertz CT molecular complexity index is 1200. The van der Waals surface area contributed by atoms with Crippen molar-refractivity contribution >= 4 is 22.7 Å². The fourth-order valence-electron chi connectivity index (χ4n) is 2.81. The van der Waals surface area contributed by atoms with E-state index in [2.05, 4.69) is 20.2 Å². The summed E-state index contributed by atoms with van der Waals surface area (Å²) in [5.74, 6) is 2.13. The van der Waals surface area contributed by atoms with Gasteiger partial charge in [0.15, 0.2) is 0 Å². The number of fused-ring (bicyclic) bond motifs is 1. The number of methoxy groups -OCH3 is 2. The lowest BCUT2D eigenvalue weighted by Gasteiger charge is -2.08. The number of nitrogens with zero attached hydrogens (tertiary/aromatic N) is 3. The molecule has 2 aromatic heterocycles. The SMILES string of the molecule is COc1cc(OC)cc(-c2nnc(S[C@@H](C)c3nc4ccccc4c(=O)[nH]3)o2)c1. The third-order valence-electron chi connectivity index (χ3n) is 4.30. The number of hydrogen-bond acceptors (Lipinski definition) is 8. The first-order valence-corrected chi connectivity index (χ1v) is 9.68. The van der Waals surface area contributed by atoms with Crippen molar-refractivity contribution in [1.82, 2.24) is 20.2 Å². The van der Waals surface area contributed by atoms with Gasteiger partial charge in [-0.05, 0) is 31.2 Å². The van der Waals surface area contributed by atoms with Gasteiger partial charge in [0.05, 0.1) is 30.4 Å². The minimum atomic E-state index is -0.194. The van der Waals surface area contributed by atoms with E-state index in [0.29, 0.717) is 44.9 Å². The molecule has 1 N–H and O–H groups in total. The Labute approximate surface area is 170 Å². The Balaban J connectivity index is 1.59. The molecular formula is C20H18N4O4S. The molecule has 2 heterocycles. The Kier molecular flexibility index (Phi) is 5.22. The Morgan fingerprint density at radius 1 is 1.07 bits per heavy atom. The number of nitrogens with one attached hydrogen (secondary N) is 1. The zero-order valence-electron chi connectivity index (χ0n) is 16.0. The number of benzene rings is 2. The standard InChI is InChI=1S/C20H18N4O4S/c1-11(17-21-16-7-5-4-6-15(16)18(25)22-17)29-20-24-23-19(28-20)12-8-13(26-2)10-14(9-12)27-3/h4-11H,1-3H3,(H,21,22,25)/t11-/m0/s1. The van der Waals surface area contributed by atoms with Crippen LogP contribution in [0.3, 0.4) is 0 Å². The zero-order chi connectivity index (χ0) is 20.4. The third kappa shape index (κ3) is 3.95. The van der Waals surface area contributed by atoms with E-state index in [1.807, 2.05) is 25.1 Å². The molecule has 0 bridgehead atoms. The molecule has 0 spiro atoms.